The van der Waals surface area contributed by atoms with E-state index in [9.17, 15) is 0 Å². The molecule has 0 saturated carbocycles. The molecule has 0 spiro atoms. The Morgan fingerprint density at radius 1 is 1.13 bits per heavy atom. The molecule has 4 aromatic rings. The van der Waals surface area contributed by atoms with Crippen molar-refractivity contribution < 1.29 is 0 Å². The number of hydrogen-bond donors (Lipinski definition) is 0. The molecule has 1 unspecified atom stereocenters. The smallest absolute Gasteiger partial charge is 0.191 e. The van der Waals surface area contributed by atoms with Crippen LogP contribution in [0.1, 0.15) is 42.7 Å². The zero-order valence-corrected chi connectivity index (χ0v) is 19.2. The van der Waals surface area contributed by atoms with Gasteiger partial charge in [0.2, 0.25) is 0 Å². The van der Waals surface area contributed by atoms with Crippen LogP contribution in [-0.2, 0) is 25.1 Å². The van der Waals surface area contributed by atoms with Gasteiger partial charge in [-0.05, 0) is 53.5 Å². The Bertz CT molecular complexity index is 1170. The number of aromatic nitrogens is 3. The van der Waals surface area contributed by atoms with Gasteiger partial charge in [-0.2, -0.15) is 0 Å². The van der Waals surface area contributed by atoms with E-state index >= 15 is 0 Å². The van der Waals surface area contributed by atoms with Crippen molar-refractivity contribution >= 4 is 33.9 Å². The predicted octanol–water partition coefficient (Wildman–Crippen LogP) is 6.99. The summed E-state index contributed by atoms with van der Waals surface area (Å²) < 4.78 is 2.34. The Hall–Kier alpha value is -2.11. The molecule has 0 amide bonds. The van der Waals surface area contributed by atoms with E-state index in [0.29, 0.717) is 0 Å². The Morgan fingerprint density at radius 3 is 2.90 bits per heavy atom. The van der Waals surface area contributed by atoms with Crippen molar-refractivity contribution in [3.63, 3.8) is 0 Å². The van der Waals surface area contributed by atoms with Gasteiger partial charge in [-0.25, -0.2) is 0 Å². The molecule has 5 heteroatoms. The molecular formula is C25H27N3S2. The number of thiophene rings is 1. The van der Waals surface area contributed by atoms with Crippen molar-refractivity contribution in [3.05, 3.63) is 63.8 Å². The van der Waals surface area contributed by atoms with Crippen molar-refractivity contribution in [3.8, 4) is 11.4 Å². The van der Waals surface area contributed by atoms with E-state index in [1.54, 1.807) is 16.6 Å². The minimum Gasteiger partial charge on any atom is -0.302 e. The van der Waals surface area contributed by atoms with Gasteiger partial charge in [0.25, 0.3) is 0 Å². The van der Waals surface area contributed by atoms with Gasteiger partial charge in [-0.1, -0.05) is 68.1 Å². The van der Waals surface area contributed by atoms with E-state index in [1.807, 2.05) is 11.3 Å². The average Bonchev–Trinajstić information content (AvgIpc) is 3.35. The van der Waals surface area contributed by atoms with E-state index in [1.165, 1.54) is 46.7 Å². The first-order valence-electron chi connectivity index (χ1n) is 10.9. The molecule has 154 valence electrons. The lowest BCUT2D eigenvalue weighted by atomic mass is 9.88. The summed E-state index contributed by atoms with van der Waals surface area (Å²) in [5.74, 6) is 2.76. The molecule has 2 aromatic heterocycles. The first-order valence-corrected chi connectivity index (χ1v) is 12.7. The van der Waals surface area contributed by atoms with Gasteiger partial charge in [0.05, 0.1) is 0 Å². The van der Waals surface area contributed by atoms with Gasteiger partial charge in [0.1, 0.15) is 0 Å². The first-order chi connectivity index (χ1) is 14.7. The summed E-state index contributed by atoms with van der Waals surface area (Å²) in [4.78, 5) is 1.56. The molecule has 0 fully saturated rings. The van der Waals surface area contributed by atoms with E-state index in [0.717, 1.165) is 35.6 Å². The van der Waals surface area contributed by atoms with Crippen LogP contribution in [0.2, 0.25) is 0 Å². The van der Waals surface area contributed by atoms with Crippen molar-refractivity contribution in [2.24, 2.45) is 5.92 Å². The maximum absolute atomic E-state index is 4.68. The Morgan fingerprint density at radius 2 is 2.00 bits per heavy atom. The highest BCUT2D eigenvalue weighted by Gasteiger charge is 2.24. The Labute approximate surface area is 186 Å². The van der Waals surface area contributed by atoms with Crippen LogP contribution in [0.5, 0.6) is 0 Å². The molecule has 1 atom stereocenters. The van der Waals surface area contributed by atoms with Gasteiger partial charge in [-0.3, -0.25) is 0 Å². The molecule has 30 heavy (non-hydrogen) atoms. The van der Waals surface area contributed by atoms with Crippen molar-refractivity contribution in [2.75, 3.05) is 0 Å². The van der Waals surface area contributed by atoms with Crippen molar-refractivity contribution in [1.29, 1.82) is 0 Å². The molecule has 0 bridgehead atoms. The second-order valence-electron chi connectivity index (χ2n) is 8.28. The Balaban J connectivity index is 1.45. The number of rotatable bonds is 6. The van der Waals surface area contributed by atoms with Crippen molar-refractivity contribution in [2.45, 2.75) is 57.0 Å². The Kier molecular flexibility index (Phi) is 5.66. The summed E-state index contributed by atoms with van der Waals surface area (Å²) in [6.07, 6.45) is 4.75. The maximum atomic E-state index is 4.68. The summed E-state index contributed by atoms with van der Waals surface area (Å²) >= 11 is 3.71. The van der Waals surface area contributed by atoms with Gasteiger partial charge in [-0.15, -0.1) is 21.5 Å². The largest absolute Gasteiger partial charge is 0.302 e. The number of benzene rings is 2. The number of hydrogen-bond acceptors (Lipinski definition) is 4. The lowest BCUT2D eigenvalue weighted by Gasteiger charge is -2.19. The summed E-state index contributed by atoms with van der Waals surface area (Å²) in [7, 11) is 0. The number of nitrogens with zero attached hydrogens (tertiary/aromatic N) is 3. The third-order valence-corrected chi connectivity index (χ3v) is 8.11. The fourth-order valence-electron chi connectivity index (χ4n) is 4.45. The van der Waals surface area contributed by atoms with Crippen LogP contribution in [0.3, 0.4) is 0 Å². The van der Waals surface area contributed by atoms with Crippen LogP contribution in [-0.4, -0.2) is 14.8 Å². The first kappa shape index (κ1) is 19.8. The van der Waals surface area contributed by atoms with Gasteiger partial charge in [0.15, 0.2) is 11.0 Å². The quantitative estimate of drug-likeness (QED) is 0.307. The maximum Gasteiger partial charge on any atom is 0.191 e. The molecule has 1 aliphatic rings. The number of thioether (sulfide) groups is 1. The molecule has 0 saturated heterocycles. The molecular weight excluding hydrogens is 406 g/mol. The van der Waals surface area contributed by atoms with E-state index in [4.69, 9.17) is 0 Å². The van der Waals surface area contributed by atoms with Crippen LogP contribution >= 0.6 is 23.1 Å². The SMILES string of the molecule is CCCn1c(SCc2cccc3ccccc23)nnc1-c1csc2c1CCC(C)C2. The summed E-state index contributed by atoms with van der Waals surface area (Å²) in [6.45, 7) is 5.55. The molecule has 0 N–H and O–H groups in total. The normalized spacial score (nSPS) is 16.1. The zero-order valence-electron chi connectivity index (χ0n) is 17.6. The minimum absolute atomic E-state index is 0.796. The van der Waals surface area contributed by atoms with E-state index in [-0.39, 0.29) is 0 Å². The van der Waals surface area contributed by atoms with Crippen LogP contribution in [0.15, 0.2) is 53.0 Å². The second-order valence-corrected chi connectivity index (χ2v) is 10.2. The summed E-state index contributed by atoms with van der Waals surface area (Å²) in [5, 5.41) is 15.3. The third kappa shape index (κ3) is 3.69. The van der Waals surface area contributed by atoms with Crippen LogP contribution in [0, 0.1) is 5.92 Å². The highest BCUT2D eigenvalue weighted by molar-refractivity contribution is 7.98. The monoisotopic (exact) mass is 433 g/mol. The molecule has 3 nitrogen and oxygen atoms in total. The van der Waals surface area contributed by atoms with Gasteiger partial charge in [0, 0.05) is 28.1 Å². The van der Waals surface area contributed by atoms with Crippen LogP contribution in [0.25, 0.3) is 22.2 Å². The van der Waals surface area contributed by atoms with Crippen LogP contribution in [0.4, 0.5) is 0 Å². The average molecular weight is 434 g/mol. The highest BCUT2D eigenvalue weighted by atomic mass is 32.2. The van der Waals surface area contributed by atoms with Gasteiger partial charge >= 0.3 is 0 Å². The fourth-order valence-corrected chi connectivity index (χ4v) is 6.66. The van der Waals surface area contributed by atoms with Gasteiger partial charge < -0.3 is 4.57 Å². The fraction of sp³-hybridized carbons (Fsp3) is 0.360. The van der Waals surface area contributed by atoms with Crippen LogP contribution < -0.4 is 0 Å². The lowest BCUT2D eigenvalue weighted by Crippen LogP contribution is -2.10. The zero-order chi connectivity index (χ0) is 20.5. The van der Waals surface area contributed by atoms with E-state index < -0.39 is 0 Å². The van der Waals surface area contributed by atoms with Crippen molar-refractivity contribution in [1.82, 2.24) is 14.8 Å². The second kappa shape index (κ2) is 8.56. The summed E-state index contributed by atoms with van der Waals surface area (Å²) in [5.41, 5.74) is 4.20. The highest BCUT2D eigenvalue weighted by Crippen LogP contribution is 2.38. The molecule has 2 heterocycles. The summed E-state index contributed by atoms with van der Waals surface area (Å²) in [6, 6.07) is 15.2. The lowest BCUT2D eigenvalue weighted by molar-refractivity contribution is 0.508. The molecule has 0 aliphatic heterocycles. The minimum atomic E-state index is 0.796. The molecule has 0 radical (unpaired) electrons. The van der Waals surface area contributed by atoms with E-state index in [2.05, 4.69) is 76.5 Å². The third-order valence-electron chi connectivity index (χ3n) is 6.04. The molecule has 2 aromatic carbocycles. The number of fused-ring (bicyclic) bond motifs is 2. The molecule has 1 aliphatic carbocycles. The standard InChI is InChI=1S/C25H27N3S2/c1-3-13-28-24(22-16-29-23-14-17(2)11-12-21(22)23)26-27-25(28)30-15-19-9-6-8-18-7-4-5-10-20(18)19/h4-10,16-17H,3,11-15H2,1-2H3. The predicted molar refractivity (Wildman–Crippen MR) is 128 cm³/mol. The topological polar surface area (TPSA) is 30.7 Å². The molecule has 5 rings (SSSR count).